The average molecular weight is 333 g/mol. The quantitative estimate of drug-likeness (QED) is 0.842. The van der Waals surface area contributed by atoms with Crippen LogP contribution in [0.2, 0.25) is 0 Å². The van der Waals surface area contributed by atoms with Gasteiger partial charge in [0, 0.05) is 23.3 Å². The zero-order valence-electron chi connectivity index (χ0n) is 13.3. The fourth-order valence-corrected chi connectivity index (χ4v) is 4.08. The predicted molar refractivity (Wildman–Crippen MR) is 86.4 cm³/mol. The molecule has 0 saturated heterocycles. The second kappa shape index (κ2) is 5.53. The molecule has 1 aliphatic carbocycles. The van der Waals surface area contributed by atoms with Crippen LogP contribution >= 0.6 is 11.3 Å². The van der Waals surface area contributed by atoms with Gasteiger partial charge in [0.2, 0.25) is 5.88 Å². The second-order valence-corrected chi connectivity index (χ2v) is 7.58. The summed E-state index contributed by atoms with van der Waals surface area (Å²) >= 11 is 1.48. The van der Waals surface area contributed by atoms with Crippen molar-refractivity contribution in [3.8, 4) is 0 Å². The summed E-state index contributed by atoms with van der Waals surface area (Å²) in [6.45, 7) is 4.04. The Hall–Kier alpha value is -2.08. The maximum Gasteiger partial charge on any atom is 0.340 e. The third-order valence-electron chi connectivity index (χ3n) is 4.19. The molecule has 0 bridgehead atoms. The van der Waals surface area contributed by atoms with E-state index >= 15 is 0 Å². The number of ether oxygens (including phenoxy) is 2. The molecule has 0 amide bonds. The van der Waals surface area contributed by atoms with Gasteiger partial charge in [-0.2, -0.15) is 0 Å². The van der Waals surface area contributed by atoms with Crippen LogP contribution in [0.1, 0.15) is 37.5 Å². The zero-order valence-corrected chi connectivity index (χ0v) is 14.2. The number of carbonyl (C=O) groups is 2. The Morgan fingerprint density at radius 2 is 2.17 bits per heavy atom. The van der Waals surface area contributed by atoms with Gasteiger partial charge in [0.05, 0.1) is 13.0 Å². The van der Waals surface area contributed by atoms with Crippen molar-refractivity contribution in [3.05, 3.63) is 45.2 Å². The van der Waals surface area contributed by atoms with Crippen molar-refractivity contribution in [2.75, 3.05) is 7.11 Å². The summed E-state index contributed by atoms with van der Waals surface area (Å²) in [5, 5.41) is 1.91. The Bertz CT molecular complexity index is 728. The van der Waals surface area contributed by atoms with Gasteiger partial charge < -0.3 is 15.2 Å². The van der Waals surface area contributed by atoms with E-state index in [1.54, 1.807) is 0 Å². The van der Waals surface area contributed by atoms with Crippen LogP contribution in [0.4, 0.5) is 0 Å². The van der Waals surface area contributed by atoms with Gasteiger partial charge in [0.25, 0.3) is 0 Å². The molecular weight excluding hydrogens is 314 g/mol. The lowest BCUT2D eigenvalue weighted by Crippen LogP contribution is -2.35. The van der Waals surface area contributed by atoms with Crippen molar-refractivity contribution < 1.29 is 19.1 Å². The van der Waals surface area contributed by atoms with Crippen LogP contribution in [0, 0.1) is 5.41 Å². The summed E-state index contributed by atoms with van der Waals surface area (Å²) in [6.07, 6.45) is 1.04. The highest BCUT2D eigenvalue weighted by Crippen LogP contribution is 2.48. The number of allylic oxidation sites excluding steroid dienone is 2. The molecule has 23 heavy (non-hydrogen) atoms. The smallest absolute Gasteiger partial charge is 0.340 e. The van der Waals surface area contributed by atoms with Gasteiger partial charge in [-0.1, -0.05) is 19.9 Å². The van der Waals surface area contributed by atoms with E-state index in [0.29, 0.717) is 24.2 Å². The topological polar surface area (TPSA) is 78.6 Å². The molecule has 1 aromatic rings. The molecule has 0 fully saturated rings. The van der Waals surface area contributed by atoms with Gasteiger partial charge in [0.1, 0.15) is 11.3 Å². The second-order valence-electron chi connectivity index (χ2n) is 6.60. The molecule has 0 radical (unpaired) electrons. The Morgan fingerprint density at radius 3 is 2.78 bits per heavy atom. The maximum atomic E-state index is 12.8. The summed E-state index contributed by atoms with van der Waals surface area (Å²) in [6, 6.07) is 3.78. The Balaban J connectivity index is 2.17. The number of hydrogen-bond donors (Lipinski definition) is 1. The number of nitrogens with two attached hydrogens (primary N) is 1. The van der Waals surface area contributed by atoms with E-state index in [1.807, 2.05) is 31.4 Å². The lowest BCUT2D eigenvalue weighted by atomic mass is 9.71. The summed E-state index contributed by atoms with van der Waals surface area (Å²) in [7, 11) is 1.30. The fourth-order valence-electron chi connectivity index (χ4n) is 3.23. The number of thiophene rings is 1. The number of hydrogen-bond acceptors (Lipinski definition) is 6. The first-order chi connectivity index (χ1) is 10.8. The molecule has 6 heteroatoms. The first-order valence-corrected chi connectivity index (χ1v) is 8.27. The molecule has 0 unspecified atom stereocenters. The first-order valence-electron chi connectivity index (χ1n) is 7.39. The number of Topliss-reactive ketones (excluding diaryl/α,β-unsaturated/α-hetero) is 1. The summed E-state index contributed by atoms with van der Waals surface area (Å²) < 4.78 is 10.5. The summed E-state index contributed by atoms with van der Waals surface area (Å²) in [5.41, 5.74) is 6.58. The average Bonchev–Trinajstić information content (AvgIpc) is 2.97. The Labute approximate surface area is 138 Å². The zero-order chi connectivity index (χ0) is 16.8. The predicted octanol–water partition coefficient (Wildman–Crippen LogP) is 2.85. The third-order valence-corrected chi connectivity index (χ3v) is 5.13. The highest BCUT2D eigenvalue weighted by atomic mass is 32.1. The molecule has 1 aromatic heterocycles. The van der Waals surface area contributed by atoms with Crippen molar-refractivity contribution in [2.24, 2.45) is 11.1 Å². The largest absolute Gasteiger partial charge is 0.465 e. The normalized spacial score (nSPS) is 23.4. The van der Waals surface area contributed by atoms with Crippen molar-refractivity contribution in [1.82, 2.24) is 0 Å². The number of rotatable bonds is 2. The van der Waals surface area contributed by atoms with Crippen molar-refractivity contribution in [2.45, 2.75) is 32.6 Å². The third kappa shape index (κ3) is 2.67. The molecule has 2 N–H and O–H groups in total. The molecule has 1 aliphatic heterocycles. The SMILES string of the molecule is COC(=O)C1=C(N)OC2=C(C(=O)CC(C)(C)C2)[C@H]1c1cccs1. The lowest BCUT2D eigenvalue weighted by Gasteiger charge is -2.37. The van der Waals surface area contributed by atoms with E-state index < -0.39 is 11.9 Å². The number of esters is 1. The van der Waals surface area contributed by atoms with Crippen LogP contribution in [0.15, 0.2) is 40.3 Å². The van der Waals surface area contributed by atoms with Gasteiger partial charge in [-0.05, 0) is 16.9 Å². The lowest BCUT2D eigenvalue weighted by molar-refractivity contribution is -0.136. The van der Waals surface area contributed by atoms with Gasteiger partial charge in [0.15, 0.2) is 5.78 Å². The van der Waals surface area contributed by atoms with Crippen LogP contribution in [0.3, 0.4) is 0 Å². The molecule has 3 rings (SSSR count). The minimum absolute atomic E-state index is 0.00329. The van der Waals surface area contributed by atoms with Crippen LogP contribution < -0.4 is 5.73 Å². The minimum Gasteiger partial charge on any atom is -0.465 e. The molecule has 0 spiro atoms. The van der Waals surface area contributed by atoms with Crippen molar-refractivity contribution >= 4 is 23.1 Å². The van der Waals surface area contributed by atoms with Crippen LogP contribution in [-0.4, -0.2) is 18.9 Å². The van der Waals surface area contributed by atoms with Gasteiger partial charge in [-0.15, -0.1) is 11.3 Å². The minimum atomic E-state index is -0.565. The molecular formula is C17H19NO4S. The molecule has 0 aromatic carbocycles. The molecule has 1 atom stereocenters. The number of ketones is 1. The molecule has 122 valence electrons. The molecule has 2 heterocycles. The van der Waals surface area contributed by atoms with E-state index in [2.05, 4.69) is 0 Å². The molecule has 2 aliphatic rings. The number of carbonyl (C=O) groups excluding carboxylic acids is 2. The first kappa shape index (κ1) is 15.8. The Kier molecular flexibility index (Phi) is 3.80. The van der Waals surface area contributed by atoms with Crippen LogP contribution in [-0.2, 0) is 19.1 Å². The van der Waals surface area contributed by atoms with Gasteiger partial charge in [-0.25, -0.2) is 4.79 Å². The highest BCUT2D eigenvalue weighted by Gasteiger charge is 2.45. The molecule has 5 nitrogen and oxygen atoms in total. The van der Waals surface area contributed by atoms with Crippen LogP contribution in [0.25, 0.3) is 0 Å². The highest BCUT2D eigenvalue weighted by molar-refractivity contribution is 7.10. The standard InChI is InChI=1S/C17H19NO4S/c1-17(2)7-9(19)12-10(8-17)22-15(18)14(16(20)21-3)13(12)11-5-4-6-23-11/h4-6,13H,7-8,18H2,1-3H3/t13-/m1/s1. The van der Waals surface area contributed by atoms with E-state index in [-0.39, 0.29) is 22.7 Å². The van der Waals surface area contributed by atoms with Gasteiger partial charge in [-0.3, -0.25) is 4.79 Å². The van der Waals surface area contributed by atoms with E-state index in [4.69, 9.17) is 15.2 Å². The van der Waals surface area contributed by atoms with E-state index in [1.165, 1.54) is 18.4 Å². The Morgan fingerprint density at radius 1 is 1.43 bits per heavy atom. The number of methoxy groups -OCH3 is 1. The molecule has 0 saturated carbocycles. The monoisotopic (exact) mass is 333 g/mol. The van der Waals surface area contributed by atoms with E-state index in [0.717, 1.165) is 4.88 Å². The van der Waals surface area contributed by atoms with Crippen LogP contribution in [0.5, 0.6) is 0 Å². The summed E-state index contributed by atoms with van der Waals surface area (Å²) in [5.74, 6) is -0.460. The summed E-state index contributed by atoms with van der Waals surface area (Å²) in [4.78, 5) is 25.9. The van der Waals surface area contributed by atoms with Crippen molar-refractivity contribution in [1.29, 1.82) is 0 Å². The van der Waals surface area contributed by atoms with Crippen molar-refractivity contribution in [3.63, 3.8) is 0 Å². The fraction of sp³-hybridized carbons (Fsp3) is 0.412. The maximum absolute atomic E-state index is 12.8. The van der Waals surface area contributed by atoms with E-state index in [9.17, 15) is 9.59 Å². The van der Waals surface area contributed by atoms with Gasteiger partial charge >= 0.3 is 5.97 Å².